The first kappa shape index (κ1) is 22.1. The molecule has 0 saturated heterocycles. The van der Waals surface area contributed by atoms with E-state index in [1.54, 1.807) is 13.2 Å². The Morgan fingerprint density at radius 2 is 1.35 bits per heavy atom. The van der Waals surface area contributed by atoms with Gasteiger partial charge in [0.25, 0.3) is 0 Å². The molecule has 0 N–H and O–H groups in total. The number of benzene rings is 3. The monoisotopic (exact) mass is 414 g/mol. The minimum absolute atomic E-state index is 0.300. The van der Waals surface area contributed by atoms with Gasteiger partial charge in [0, 0.05) is 23.1 Å². The Morgan fingerprint density at radius 1 is 0.774 bits per heavy atom. The average molecular weight is 414 g/mol. The van der Waals surface area contributed by atoms with Crippen LogP contribution in [0.2, 0.25) is 0 Å². The lowest BCUT2D eigenvalue weighted by molar-refractivity contribution is 0.0224. The molecule has 0 heterocycles. The van der Waals surface area contributed by atoms with E-state index in [1.807, 2.05) is 68.4 Å². The van der Waals surface area contributed by atoms with Crippen molar-refractivity contribution in [3.8, 4) is 29.4 Å². The standard InChI is InChI=1S/C28H24F2O/c1-20-5-8-22(9-6-20)11-12-24-14-16-25(27(18-24)31-4)15-13-23-10-7-21(2)26(17-23)19-28(3,29)30/h5-10,14,16-18H,19H2,1-4H3. The van der Waals surface area contributed by atoms with Gasteiger partial charge in [0.15, 0.2) is 0 Å². The summed E-state index contributed by atoms with van der Waals surface area (Å²) in [4.78, 5) is 0. The molecule has 0 atom stereocenters. The molecular formula is C28H24F2O. The topological polar surface area (TPSA) is 9.23 Å². The van der Waals surface area contributed by atoms with E-state index in [0.717, 1.165) is 23.6 Å². The van der Waals surface area contributed by atoms with Crippen LogP contribution in [0.3, 0.4) is 0 Å². The van der Waals surface area contributed by atoms with Crippen molar-refractivity contribution in [2.24, 2.45) is 0 Å². The second-order valence-corrected chi connectivity index (χ2v) is 7.67. The Bertz CT molecular complexity index is 1190. The van der Waals surface area contributed by atoms with Crippen LogP contribution in [-0.4, -0.2) is 13.0 Å². The van der Waals surface area contributed by atoms with E-state index in [2.05, 4.69) is 23.7 Å². The summed E-state index contributed by atoms with van der Waals surface area (Å²) >= 11 is 0. The van der Waals surface area contributed by atoms with Crippen LogP contribution in [0.5, 0.6) is 5.75 Å². The zero-order valence-electron chi connectivity index (χ0n) is 18.1. The summed E-state index contributed by atoms with van der Waals surface area (Å²) in [5.41, 5.74) is 5.81. The van der Waals surface area contributed by atoms with E-state index < -0.39 is 5.92 Å². The van der Waals surface area contributed by atoms with E-state index in [-0.39, 0.29) is 6.42 Å². The predicted molar refractivity (Wildman–Crippen MR) is 122 cm³/mol. The molecule has 0 saturated carbocycles. The van der Waals surface area contributed by atoms with Crippen LogP contribution in [0.25, 0.3) is 0 Å². The molecule has 31 heavy (non-hydrogen) atoms. The molecule has 1 nitrogen and oxygen atoms in total. The fraction of sp³-hybridized carbons (Fsp3) is 0.214. The zero-order valence-corrected chi connectivity index (χ0v) is 18.1. The van der Waals surface area contributed by atoms with Crippen molar-refractivity contribution in [3.05, 3.63) is 99.6 Å². The van der Waals surface area contributed by atoms with Crippen molar-refractivity contribution >= 4 is 0 Å². The largest absolute Gasteiger partial charge is 0.495 e. The van der Waals surface area contributed by atoms with Gasteiger partial charge in [-0.15, -0.1) is 0 Å². The van der Waals surface area contributed by atoms with Crippen LogP contribution in [0, 0.1) is 37.5 Å². The molecule has 0 amide bonds. The van der Waals surface area contributed by atoms with Crippen LogP contribution in [0.4, 0.5) is 8.78 Å². The third-order valence-electron chi connectivity index (χ3n) is 4.80. The van der Waals surface area contributed by atoms with Crippen molar-refractivity contribution in [2.75, 3.05) is 7.11 Å². The molecule has 3 aromatic rings. The molecule has 3 rings (SSSR count). The summed E-state index contributed by atoms with van der Waals surface area (Å²) in [6, 6.07) is 19.0. The average Bonchev–Trinajstić information content (AvgIpc) is 2.73. The Labute approximate surface area is 183 Å². The smallest absolute Gasteiger partial charge is 0.249 e. The molecule has 156 valence electrons. The third-order valence-corrected chi connectivity index (χ3v) is 4.80. The molecule has 0 bridgehead atoms. The quantitative estimate of drug-likeness (QED) is 0.457. The fourth-order valence-electron chi connectivity index (χ4n) is 3.07. The van der Waals surface area contributed by atoms with Crippen LogP contribution >= 0.6 is 0 Å². The number of rotatable bonds is 3. The highest BCUT2D eigenvalue weighted by atomic mass is 19.3. The molecule has 0 aliphatic heterocycles. The maximum atomic E-state index is 13.4. The van der Waals surface area contributed by atoms with Gasteiger partial charge in [-0.1, -0.05) is 47.4 Å². The third kappa shape index (κ3) is 6.46. The Morgan fingerprint density at radius 3 is 2.03 bits per heavy atom. The van der Waals surface area contributed by atoms with Gasteiger partial charge < -0.3 is 4.74 Å². The molecule has 3 heteroatoms. The maximum absolute atomic E-state index is 13.4. The van der Waals surface area contributed by atoms with E-state index >= 15 is 0 Å². The maximum Gasteiger partial charge on any atom is 0.249 e. The number of ether oxygens (including phenoxy) is 1. The predicted octanol–water partition coefficient (Wildman–Crippen LogP) is 6.31. The zero-order chi connectivity index (χ0) is 22.4. The number of aryl methyl sites for hydroxylation is 2. The van der Waals surface area contributed by atoms with Crippen LogP contribution in [0.15, 0.2) is 60.7 Å². The SMILES string of the molecule is COc1cc(C#Cc2ccc(C)cc2)ccc1C#Cc1ccc(C)c(CC(C)(F)F)c1. The summed E-state index contributed by atoms with van der Waals surface area (Å²) in [6.07, 6.45) is -0.300. The Hall–Kier alpha value is -3.56. The van der Waals surface area contributed by atoms with Gasteiger partial charge in [-0.2, -0.15) is 0 Å². The van der Waals surface area contributed by atoms with E-state index in [0.29, 0.717) is 22.4 Å². The van der Waals surface area contributed by atoms with E-state index in [1.165, 1.54) is 5.56 Å². The van der Waals surface area contributed by atoms with Crippen LogP contribution in [-0.2, 0) is 6.42 Å². The lowest BCUT2D eigenvalue weighted by Crippen LogP contribution is -2.14. The summed E-state index contributed by atoms with van der Waals surface area (Å²) in [5.74, 6) is 10.3. The fourth-order valence-corrected chi connectivity index (χ4v) is 3.07. The Kier molecular flexibility index (Phi) is 6.78. The van der Waals surface area contributed by atoms with E-state index in [9.17, 15) is 8.78 Å². The normalized spacial score (nSPS) is 10.5. The lowest BCUT2D eigenvalue weighted by atomic mass is 9.99. The van der Waals surface area contributed by atoms with Gasteiger partial charge in [0.1, 0.15) is 5.75 Å². The summed E-state index contributed by atoms with van der Waals surface area (Å²) in [7, 11) is 1.59. The lowest BCUT2D eigenvalue weighted by Gasteiger charge is -2.12. The number of halogens is 2. The van der Waals surface area contributed by atoms with Crippen LogP contribution < -0.4 is 4.74 Å². The molecule has 3 aromatic carbocycles. The minimum Gasteiger partial charge on any atom is -0.495 e. The van der Waals surface area contributed by atoms with Crippen molar-refractivity contribution in [3.63, 3.8) is 0 Å². The van der Waals surface area contributed by atoms with Gasteiger partial charge in [0.05, 0.1) is 12.7 Å². The highest BCUT2D eigenvalue weighted by molar-refractivity contribution is 5.55. The molecule has 0 spiro atoms. The Balaban J connectivity index is 1.85. The number of hydrogen-bond acceptors (Lipinski definition) is 1. The second kappa shape index (κ2) is 9.50. The minimum atomic E-state index is -2.75. The first-order valence-electron chi connectivity index (χ1n) is 9.99. The summed E-state index contributed by atoms with van der Waals surface area (Å²) < 4.78 is 32.3. The van der Waals surface area contributed by atoms with Crippen LogP contribution in [0.1, 0.15) is 45.9 Å². The van der Waals surface area contributed by atoms with Crippen molar-refractivity contribution in [1.29, 1.82) is 0 Å². The molecule has 0 aliphatic rings. The number of hydrogen-bond donors (Lipinski definition) is 0. The van der Waals surface area contributed by atoms with Crippen molar-refractivity contribution < 1.29 is 13.5 Å². The van der Waals surface area contributed by atoms with Gasteiger partial charge in [-0.25, -0.2) is 8.78 Å². The molecule has 0 unspecified atom stereocenters. The number of alkyl halides is 2. The highest BCUT2D eigenvalue weighted by Crippen LogP contribution is 2.23. The molecule has 0 aromatic heterocycles. The molecule has 0 fully saturated rings. The summed E-state index contributed by atoms with van der Waals surface area (Å²) in [6.45, 7) is 4.80. The second-order valence-electron chi connectivity index (χ2n) is 7.67. The van der Waals surface area contributed by atoms with Crippen molar-refractivity contribution in [1.82, 2.24) is 0 Å². The number of methoxy groups -OCH3 is 1. The van der Waals surface area contributed by atoms with Gasteiger partial charge in [-0.05, 0) is 74.4 Å². The highest BCUT2D eigenvalue weighted by Gasteiger charge is 2.22. The van der Waals surface area contributed by atoms with Gasteiger partial charge in [0.2, 0.25) is 5.92 Å². The summed E-state index contributed by atoms with van der Waals surface area (Å²) in [5, 5.41) is 0. The van der Waals surface area contributed by atoms with Crippen molar-refractivity contribution in [2.45, 2.75) is 33.1 Å². The van der Waals surface area contributed by atoms with Gasteiger partial charge in [-0.3, -0.25) is 0 Å². The first-order valence-corrected chi connectivity index (χ1v) is 9.99. The molecular weight excluding hydrogens is 390 g/mol. The molecule has 0 aliphatic carbocycles. The molecule has 0 radical (unpaired) electrons. The first-order chi connectivity index (χ1) is 14.7. The van der Waals surface area contributed by atoms with Gasteiger partial charge >= 0.3 is 0 Å². The van der Waals surface area contributed by atoms with E-state index in [4.69, 9.17) is 4.74 Å².